The summed E-state index contributed by atoms with van der Waals surface area (Å²) in [6.07, 6.45) is 3.10. The summed E-state index contributed by atoms with van der Waals surface area (Å²) >= 11 is 0. The third-order valence-corrected chi connectivity index (χ3v) is 3.58. The lowest BCUT2D eigenvalue weighted by Gasteiger charge is -2.34. The monoisotopic (exact) mass is 242 g/mol. The maximum Gasteiger partial charge on any atom is 0.223 e. The molecule has 2 aliphatic rings. The van der Waals surface area contributed by atoms with Gasteiger partial charge in [0.2, 0.25) is 11.8 Å². The molecule has 0 aromatic rings. The van der Waals surface area contributed by atoms with Gasteiger partial charge in [-0.2, -0.15) is 0 Å². The van der Waals surface area contributed by atoms with Gasteiger partial charge in [-0.05, 0) is 32.1 Å². The minimum absolute atomic E-state index is 0.00384. The van der Waals surface area contributed by atoms with Gasteiger partial charge in [0.1, 0.15) is 5.67 Å². The molecule has 96 valence electrons. The van der Waals surface area contributed by atoms with Crippen LogP contribution in [0.1, 0.15) is 39.0 Å². The van der Waals surface area contributed by atoms with Crippen molar-refractivity contribution in [3.8, 4) is 0 Å². The van der Waals surface area contributed by atoms with Crippen LogP contribution in [0.2, 0.25) is 0 Å². The first-order valence-corrected chi connectivity index (χ1v) is 6.22. The van der Waals surface area contributed by atoms with E-state index in [9.17, 15) is 14.0 Å². The van der Waals surface area contributed by atoms with Crippen LogP contribution in [-0.2, 0) is 9.59 Å². The molecule has 0 aromatic carbocycles. The van der Waals surface area contributed by atoms with Crippen LogP contribution < -0.4 is 10.6 Å². The molecule has 17 heavy (non-hydrogen) atoms. The van der Waals surface area contributed by atoms with Crippen molar-refractivity contribution >= 4 is 11.8 Å². The van der Waals surface area contributed by atoms with Crippen LogP contribution in [0.15, 0.2) is 0 Å². The summed E-state index contributed by atoms with van der Waals surface area (Å²) in [7, 11) is 0. The second kappa shape index (κ2) is 4.63. The van der Waals surface area contributed by atoms with E-state index in [1.165, 1.54) is 6.92 Å². The first-order valence-electron chi connectivity index (χ1n) is 6.22. The molecule has 0 heterocycles. The Hall–Kier alpha value is -1.13. The highest BCUT2D eigenvalue weighted by atomic mass is 19.1. The number of carbonyl (C=O) groups excluding carboxylic acids is 2. The summed E-state index contributed by atoms with van der Waals surface area (Å²) in [6.45, 7) is 1.90. The predicted molar refractivity (Wildman–Crippen MR) is 61.0 cm³/mol. The quantitative estimate of drug-likeness (QED) is 0.753. The molecule has 5 heteroatoms. The van der Waals surface area contributed by atoms with Crippen molar-refractivity contribution in [2.24, 2.45) is 5.92 Å². The first kappa shape index (κ1) is 12.3. The Morgan fingerprint density at radius 3 is 2.53 bits per heavy atom. The number of alkyl halides is 1. The van der Waals surface area contributed by atoms with Gasteiger partial charge in [0.05, 0.1) is 0 Å². The van der Waals surface area contributed by atoms with Gasteiger partial charge in [-0.1, -0.05) is 0 Å². The number of amides is 2. The lowest BCUT2D eigenvalue weighted by atomic mass is 9.79. The fourth-order valence-electron chi connectivity index (χ4n) is 2.18. The van der Waals surface area contributed by atoms with Crippen LogP contribution >= 0.6 is 0 Å². The highest BCUT2D eigenvalue weighted by molar-refractivity contribution is 5.80. The molecule has 0 unspecified atom stereocenters. The molecule has 0 aliphatic heterocycles. The molecule has 2 amide bonds. The highest BCUT2D eigenvalue weighted by Crippen LogP contribution is 2.42. The van der Waals surface area contributed by atoms with E-state index in [1.807, 2.05) is 0 Å². The van der Waals surface area contributed by atoms with E-state index in [-0.39, 0.29) is 23.8 Å². The molecular weight excluding hydrogens is 223 g/mol. The normalized spacial score (nSPS) is 29.1. The van der Waals surface area contributed by atoms with E-state index in [0.717, 1.165) is 0 Å². The SMILES string of the molecule is CC(=O)NC1CC(C(=O)NCCC2(F)CC2)C1. The zero-order valence-electron chi connectivity index (χ0n) is 10.1. The van der Waals surface area contributed by atoms with Crippen molar-refractivity contribution in [2.75, 3.05) is 6.54 Å². The van der Waals surface area contributed by atoms with Gasteiger partial charge in [-0.25, -0.2) is 4.39 Å². The molecule has 2 aliphatic carbocycles. The van der Waals surface area contributed by atoms with Crippen LogP contribution in [0.4, 0.5) is 4.39 Å². The van der Waals surface area contributed by atoms with E-state index in [1.54, 1.807) is 0 Å². The predicted octanol–water partition coefficient (Wildman–Crippen LogP) is 0.909. The molecular formula is C12H19FN2O2. The number of halogens is 1. The third kappa shape index (κ3) is 3.41. The standard InChI is InChI=1S/C12H19FN2O2/c1-8(16)15-10-6-9(7-10)11(17)14-5-4-12(13)2-3-12/h9-10H,2-7H2,1H3,(H,14,17)(H,15,16). The molecule has 0 bridgehead atoms. The van der Waals surface area contributed by atoms with Crippen molar-refractivity contribution in [3.63, 3.8) is 0 Å². The molecule has 2 N–H and O–H groups in total. The maximum absolute atomic E-state index is 13.3. The fraction of sp³-hybridized carbons (Fsp3) is 0.833. The van der Waals surface area contributed by atoms with Gasteiger partial charge in [-0.15, -0.1) is 0 Å². The minimum Gasteiger partial charge on any atom is -0.356 e. The Labute approximate surface area is 100 Å². The van der Waals surface area contributed by atoms with E-state index >= 15 is 0 Å². The summed E-state index contributed by atoms with van der Waals surface area (Å²) in [5.41, 5.74) is -0.994. The second-order valence-corrected chi connectivity index (χ2v) is 5.26. The zero-order chi connectivity index (χ0) is 12.5. The molecule has 0 aromatic heterocycles. The lowest BCUT2D eigenvalue weighted by Crippen LogP contribution is -2.49. The van der Waals surface area contributed by atoms with Gasteiger partial charge >= 0.3 is 0 Å². The van der Waals surface area contributed by atoms with Crippen LogP contribution in [0.25, 0.3) is 0 Å². The molecule has 2 rings (SSSR count). The van der Waals surface area contributed by atoms with Gasteiger partial charge in [-0.3, -0.25) is 9.59 Å². The molecule has 0 atom stereocenters. The topological polar surface area (TPSA) is 58.2 Å². The number of hydrogen-bond donors (Lipinski definition) is 2. The number of hydrogen-bond acceptors (Lipinski definition) is 2. The van der Waals surface area contributed by atoms with Gasteiger partial charge in [0.25, 0.3) is 0 Å². The van der Waals surface area contributed by atoms with Crippen molar-refractivity contribution in [1.82, 2.24) is 10.6 Å². The van der Waals surface area contributed by atoms with Gasteiger partial charge in [0.15, 0.2) is 0 Å². The van der Waals surface area contributed by atoms with Crippen molar-refractivity contribution in [3.05, 3.63) is 0 Å². The summed E-state index contributed by atoms with van der Waals surface area (Å²) in [5.74, 6) is -0.0700. The van der Waals surface area contributed by atoms with Crippen molar-refractivity contribution in [2.45, 2.75) is 50.7 Å². The number of carbonyl (C=O) groups is 2. The van der Waals surface area contributed by atoms with Crippen LogP contribution in [0.3, 0.4) is 0 Å². The van der Waals surface area contributed by atoms with E-state index in [2.05, 4.69) is 10.6 Å². The molecule has 4 nitrogen and oxygen atoms in total. The highest BCUT2D eigenvalue weighted by Gasteiger charge is 2.42. The average Bonchev–Trinajstić information content (AvgIpc) is 2.89. The Kier molecular flexibility index (Phi) is 3.35. The van der Waals surface area contributed by atoms with Gasteiger partial charge in [0, 0.05) is 25.4 Å². The molecule has 2 fully saturated rings. The Balaban J connectivity index is 1.57. The first-order chi connectivity index (χ1) is 7.98. The smallest absolute Gasteiger partial charge is 0.223 e. The molecule has 0 radical (unpaired) electrons. The number of nitrogens with one attached hydrogen (secondary N) is 2. The lowest BCUT2D eigenvalue weighted by molar-refractivity contribution is -0.130. The Morgan fingerprint density at radius 1 is 1.35 bits per heavy atom. The molecule has 0 spiro atoms. The fourth-order valence-corrected chi connectivity index (χ4v) is 2.18. The van der Waals surface area contributed by atoms with Crippen molar-refractivity contribution in [1.29, 1.82) is 0 Å². The summed E-state index contributed by atoms with van der Waals surface area (Å²) < 4.78 is 13.3. The third-order valence-electron chi connectivity index (χ3n) is 3.58. The van der Waals surface area contributed by atoms with E-state index < -0.39 is 5.67 Å². The van der Waals surface area contributed by atoms with E-state index in [0.29, 0.717) is 38.6 Å². The second-order valence-electron chi connectivity index (χ2n) is 5.26. The van der Waals surface area contributed by atoms with Crippen LogP contribution in [0.5, 0.6) is 0 Å². The Morgan fingerprint density at radius 2 is 2.00 bits per heavy atom. The molecule has 0 saturated heterocycles. The summed E-state index contributed by atoms with van der Waals surface area (Å²) in [5, 5.41) is 5.54. The average molecular weight is 242 g/mol. The maximum atomic E-state index is 13.3. The Bertz CT molecular complexity index is 322. The summed E-state index contributed by atoms with van der Waals surface area (Å²) in [6, 6.07) is 0.138. The van der Waals surface area contributed by atoms with Crippen LogP contribution in [0, 0.1) is 5.92 Å². The van der Waals surface area contributed by atoms with Crippen LogP contribution in [-0.4, -0.2) is 30.1 Å². The van der Waals surface area contributed by atoms with Crippen molar-refractivity contribution < 1.29 is 14.0 Å². The summed E-state index contributed by atoms with van der Waals surface area (Å²) in [4.78, 5) is 22.4. The van der Waals surface area contributed by atoms with Gasteiger partial charge < -0.3 is 10.6 Å². The minimum atomic E-state index is -0.994. The largest absolute Gasteiger partial charge is 0.356 e. The molecule has 2 saturated carbocycles. The number of rotatable bonds is 5. The zero-order valence-corrected chi connectivity index (χ0v) is 10.1. The van der Waals surface area contributed by atoms with E-state index in [4.69, 9.17) is 0 Å².